The van der Waals surface area contributed by atoms with Crippen molar-refractivity contribution in [2.75, 3.05) is 4.81 Å². The van der Waals surface area contributed by atoms with E-state index in [-0.39, 0.29) is 6.85 Å². The van der Waals surface area contributed by atoms with E-state index in [0.29, 0.717) is 0 Å². The summed E-state index contributed by atoms with van der Waals surface area (Å²) in [5.41, 5.74) is 16.5. The molecule has 8 aromatic rings. The van der Waals surface area contributed by atoms with Crippen molar-refractivity contribution >= 4 is 51.0 Å². The van der Waals surface area contributed by atoms with Crippen LogP contribution in [-0.2, 0) is 0 Å². The van der Waals surface area contributed by atoms with Crippen LogP contribution in [0, 0.1) is 0 Å². The maximum absolute atomic E-state index is 2.56. The van der Waals surface area contributed by atoms with Gasteiger partial charge >= 0.3 is 6.85 Å². The maximum Gasteiger partial charge on any atom is 0.329 e. The van der Waals surface area contributed by atoms with Crippen molar-refractivity contribution in [2.24, 2.45) is 0 Å². The van der Waals surface area contributed by atoms with Crippen LogP contribution in [0.1, 0.15) is 0 Å². The highest BCUT2D eigenvalue weighted by atomic mass is 15.1. The summed E-state index contributed by atoms with van der Waals surface area (Å²) in [4.78, 5) is 2.56. The minimum absolute atomic E-state index is 0.135. The van der Waals surface area contributed by atoms with Gasteiger partial charge in [-0.3, -0.25) is 0 Å². The Balaban J connectivity index is 1.12. The molecule has 0 unspecified atom stereocenters. The first kappa shape index (κ1) is 24.6. The summed E-state index contributed by atoms with van der Waals surface area (Å²) in [6.45, 7) is 0.135. The number of aromatic nitrogens is 1. The van der Waals surface area contributed by atoms with Crippen molar-refractivity contribution < 1.29 is 0 Å². The number of hydrogen-bond acceptors (Lipinski definition) is 1. The van der Waals surface area contributed by atoms with Crippen molar-refractivity contribution in [2.45, 2.75) is 0 Å². The van der Waals surface area contributed by atoms with Crippen molar-refractivity contribution in [1.82, 2.24) is 4.57 Å². The third kappa shape index (κ3) is 3.47. The van der Waals surface area contributed by atoms with Gasteiger partial charge in [0.2, 0.25) is 0 Å². The summed E-state index contributed by atoms with van der Waals surface area (Å²) in [5.74, 6) is 0. The summed E-state index contributed by atoms with van der Waals surface area (Å²) in [5, 5.41) is 2.57. The Labute approximate surface area is 262 Å². The summed E-state index contributed by atoms with van der Waals surface area (Å²) < 4.78 is 2.38. The quantitative estimate of drug-likeness (QED) is 0.188. The lowest BCUT2D eigenvalue weighted by atomic mass is 9.43. The highest BCUT2D eigenvalue weighted by Gasteiger charge is 2.41. The second kappa shape index (κ2) is 9.35. The van der Waals surface area contributed by atoms with Gasteiger partial charge in [0, 0.05) is 39.0 Å². The average Bonchev–Trinajstić information content (AvgIpc) is 3.46. The lowest BCUT2D eigenvalue weighted by molar-refractivity contribution is 1.18. The smallest absolute Gasteiger partial charge is 0.329 e. The molecule has 2 nitrogen and oxygen atoms in total. The van der Waals surface area contributed by atoms with Gasteiger partial charge in [0.25, 0.3) is 0 Å². The number of benzene rings is 7. The fourth-order valence-corrected chi connectivity index (χ4v) is 7.87. The maximum atomic E-state index is 2.56. The van der Waals surface area contributed by atoms with E-state index >= 15 is 0 Å². The third-order valence-electron chi connectivity index (χ3n) is 9.81. The van der Waals surface area contributed by atoms with Crippen LogP contribution in [0.5, 0.6) is 0 Å². The van der Waals surface area contributed by atoms with Gasteiger partial charge in [-0.1, -0.05) is 121 Å². The van der Waals surface area contributed by atoms with Crippen LogP contribution in [0.25, 0.3) is 60.9 Å². The Bertz CT molecular complexity index is 2400. The number of nitrogens with zero attached hydrogens (tertiary/aromatic N) is 2. The molecule has 45 heavy (non-hydrogen) atoms. The molecule has 0 N–H and O–H groups in total. The van der Waals surface area contributed by atoms with Crippen LogP contribution in [0.3, 0.4) is 0 Å². The third-order valence-corrected chi connectivity index (χ3v) is 9.81. The minimum Gasteiger partial charge on any atom is -0.376 e. The molecule has 0 bridgehead atoms. The predicted molar refractivity (Wildman–Crippen MR) is 191 cm³/mol. The first-order chi connectivity index (χ1) is 22.3. The first-order valence-electron chi connectivity index (χ1n) is 15.6. The van der Waals surface area contributed by atoms with E-state index in [1.807, 2.05) is 0 Å². The lowest BCUT2D eigenvalue weighted by Gasteiger charge is -2.43. The van der Waals surface area contributed by atoms with Gasteiger partial charge in [0.1, 0.15) is 0 Å². The van der Waals surface area contributed by atoms with Crippen LogP contribution in [0.4, 0.5) is 11.4 Å². The average molecular weight is 571 g/mol. The molecule has 1 aromatic heterocycles. The van der Waals surface area contributed by atoms with Crippen molar-refractivity contribution in [1.29, 1.82) is 0 Å². The minimum atomic E-state index is 0.135. The van der Waals surface area contributed by atoms with Crippen molar-refractivity contribution in [3.63, 3.8) is 0 Å². The molecule has 0 saturated heterocycles. The SMILES string of the molecule is c1ccc2c(c1)B1c3ccccc3-c3cc(-c4ccc(-n5c6ccccc6c6ccccc65)cc4)ccc3N1c1ccccc1-2. The van der Waals surface area contributed by atoms with E-state index in [2.05, 4.69) is 173 Å². The largest absolute Gasteiger partial charge is 0.376 e. The molecule has 2 aliphatic heterocycles. The second-order valence-corrected chi connectivity index (χ2v) is 12.1. The van der Waals surface area contributed by atoms with Crippen molar-refractivity contribution in [3.8, 4) is 39.1 Å². The topological polar surface area (TPSA) is 8.17 Å². The van der Waals surface area contributed by atoms with Gasteiger partial charge in [-0.2, -0.15) is 0 Å². The standard InChI is InChI=1S/C42H27BN2/c1-6-16-37-31(11-1)33-13-5-10-20-41(33)45-42-26-23-29(27-36(42)32-12-2-7-17-38(32)43(37)45)28-21-24-30(25-22-28)44-39-18-8-3-14-34(39)35-15-4-9-19-40(35)44/h1-27H. The molecule has 0 spiro atoms. The number of fused-ring (bicyclic) bond motifs is 14. The Kier molecular flexibility index (Phi) is 5.12. The Morgan fingerprint density at radius 3 is 1.58 bits per heavy atom. The zero-order chi connectivity index (χ0) is 29.5. The van der Waals surface area contributed by atoms with E-state index in [4.69, 9.17) is 0 Å². The Hall–Kier alpha value is -5.80. The molecule has 0 radical (unpaired) electrons. The van der Waals surface area contributed by atoms with Gasteiger partial charge in [0.15, 0.2) is 0 Å². The zero-order valence-corrected chi connectivity index (χ0v) is 24.6. The molecule has 0 atom stereocenters. The fraction of sp³-hybridized carbons (Fsp3) is 0. The second-order valence-electron chi connectivity index (χ2n) is 12.1. The van der Waals surface area contributed by atoms with Crippen LogP contribution in [-0.4, -0.2) is 11.4 Å². The predicted octanol–water partition coefficient (Wildman–Crippen LogP) is 9.36. The van der Waals surface area contributed by atoms with E-state index in [9.17, 15) is 0 Å². The molecule has 3 heteroatoms. The molecule has 3 heterocycles. The molecule has 7 aromatic carbocycles. The number of rotatable bonds is 2. The van der Waals surface area contributed by atoms with E-state index in [1.165, 1.54) is 83.2 Å². The van der Waals surface area contributed by atoms with Crippen LogP contribution >= 0.6 is 0 Å². The van der Waals surface area contributed by atoms with Gasteiger partial charge in [-0.05, 0) is 75.6 Å². The first-order valence-corrected chi connectivity index (χ1v) is 15.6. The molecule has 208 valence electrons. The number of hydrogen-bond donors (Lipinski definition) is 0. The summed E-state index contributed by atoms with van der Waals surface area (Å²) >= 11 is 0. The van der Waals surface area contributed by atoms with Gasteiger partial charge < -0.3 is 9.38 Å². The van der Waals surface area contributed by atoms with E-state index < -0.39 is 0 Å². The Morgan fingerprint density at radius 2 is 0.889 bits per heavy atom. The highest BCUT2D eigenvalue weighted by Crippen LogP contribution is 2.46. The molecule has 0 saturated carbocycles. The Morgan fingerprint density at radius 1 is 0.378 bits per heavy atom. The van der Waals surface area contributed by atoms with Crippen LogP contribution < -0.4 is 15.7 Å². The normalized spacial score (nSPS) is 12.8. The van der Waals surface area contributed by atoms with Crippen molar-refractivity contribution in [3.05, 3.63) is 164 Å². The van der Waals surface area contributed by atoms with Crippen LogP contribution in [0.2, 0.25) is 0 Å². The van der Waals surface area contributed by atoms with Gasteiger partial charge in [-0.25, -0.2) is 0 Å². The summed E-state index contributed by atoms with van der Waals surface area (Å²) in [6, 6.07) is 60.2. The molecule has 10 rings (SSSR count). The molecular weight excluding hydrogens is 543 g/mol. The molecule has 0 fully saturated rings. The molecule has 2 aliphatic rings. The number of anilines is 2. The lowest BCUT2D eigenvalue weighted by Crippen LogP contribution is -2.59. The molecular formula is C42H27BN2. The highest BCUT2D eigenvalue weighted by molar-refractivity contribution is 6.92. The molecule has 0 amide bonds. The zero-order valence-electron chi connectivity index (χ0n) is 24.6. The van der Waals surface area contributed by atoms with Crippen LogP contribution in [0.15, 0.2) is 164 Å². The fourth-order valence-electron chi connectivity index (χ4n) is 7.87. The summed E-state index contributed by atoms with van der Waals surface area (Å²) in [7, 11) is 0. The number of para-hydroxylation sites is 3. The van der Waals surface area contributed by atoms with E-state index in [1.54, 1.807) is 0 Å². The monoisotopic (exact) mass is 570 g/mol. The van der Waals surface area contributed by atoms with Gasteiger partial charge in [0.05, 0.1) is 11.0 Å². The van der Waals surface area contributed by atoms with Gasteiger partial charge in [-0.15, -0.1) is 0 Å². The summed E-state index contributed by atoms with van der Waals surface area (Å²) in [6.07, 6.45) is 0. The molecule has 0 aliphatic carbocycles. The van der Waals surface area contributed by atoms with E-state index in [0.717, 1.165) is 0 Å².